The number of ether oxygens (including phenoxy) is 2. The minimum Gasteiger partial charge on any atom is -0.460 e. The Morgan fingerprint density at radius 2 is 2.25 bits per heavy atom. The Kier molecular flexibility index (Phi) is 5.32. The molecular weight excluding hydrogens is 160 g/mol. The number of hydrogen-bond acceptors (Lipinski definition) is 4. The Hall–Kier alpha value is -0.870. The summed E-state index contributed by atoms with van der Waals surface area (Å²) < 4.78 is 9.55. The summed E-state index contributed by atoms with van der Waals surface area (Å²) in [5.74, 6) is -0.490. The van der Waals surface area contributed by atoms with Gasteiger partial charge in [0.25, 0.3) is 0 Å². The summed E-state index contributed by atoms with van der Waals surface area (Å²) >= 11 is 0. The van der Waals surface area contributed by atoms with Gasteiger partial charge in [-0.1, -0.05) is 6.58 Å². The minimum atomic E-state index is -0.845. The molecule has 1 N–H and O–H groups in total. The second kappa shape index (κ2) is 5.74. The highest BCUT2D eigenvalue weighted by atomic mass is 16.6. The van der Waals surface area contributed by atoms with E-state index in [0.29, 0.717) is 0 Å². The molecule has 0 aliphatic heterocycles. The molecule has 0 radical (unpaired) electrons. The van der Waals surface area contributed by atoms with Gasteiger partial charge in [0, 0.05) is 6.08 Å². The summed E-state index contributed by atoms with van der Waals surface area (Å²) in [4.78, 5) is 10.5. The van der Waals surface area contributed by atoms with E-state index >= 15 is 0 Å². The van der Waals surface area contributed by atoms with Crippen LogP contribution >= 0.6 is 0 Å². The Balaban J connectivity index is 3.49. The molecule has 0 saturated carbocycles. The van der Waals surface area contributed by atoms with Gasteiger partial charge in [0.1, 0.15) is 6.61 Å². The zero-order chi connectivity index (χ0) is 9.56. The first kappa shape index (κ1) is 11.1. The number of aliphatic hydroxyl groups is 1. The normalized spacial score (nSPS) is 14.9. The molecule has 2 atom stereocenters. The predicted octanol–water partition coefficient (Wildman–Crippen LogP) is 0.459. The summed E-state index contributed by atoms with van der Waals surface area (Å²) in [6, 6.07) is 0. The first-order valence-corrected chi connectivity index (χ1v) is 3.69. The van der Waals surface area contributed by atoms with Crippen molar-refractivity contribution in [3.05, 3.63) is 12.7 Å². The third-order valence-electron chi connectivity index (χ3n) is 1.06. The Morgan fingerprint density at radius 1 is 1.67 bits per heavy atom. The lowest BCUT2D eigenvalue weighted by Gasteiger charge is -2.14. The van der Waals surface area contributed by atoms with E-state index in [1.165, 1.54) is 6.92 Å². The molecule has 0 bridgehead atoms. The molecule has 0 aliphatic rings. The molecule has 70 valence electrons. The largest absolute Gasteiger partial charge is 0.460 e. The SMILES string of the molecule is C=CC(=O)OCC(C)OC(C)O. The molecule has 12 heavy (non-hydrogen) atoms. The van der Waals surface area contributed by atoms with Crippen molar-refractivity contribution in [3.63, 3.8) is 0 Å². The second-order valence-electron chi connectivity index (χ2n) is 2.38. The van der Waals surface area contributed by atoms with E-state index in [1.807, 2.05) is 0 Å². The van der Waals surface area contributed by atoms with Gasteiger partial charge in [-0.15, -0.1) is 0 Å². The monoisotopic (exact) mass is 174 g/mol. The maximum absolute atomic E-state index is 10.5. The summed E-state index contributed by atoms with van der Waals surface area (Å²) in [5, 5.41) is 8.76. The molecular formula is C8H14O4. The average Bonchev–Trinajstić information content (AvgIpc) is 1.99. The zero-order valence-corrected chi connectivity index (χ0v) is 7.32. The number of carbonyl (C=O) groups is 1. The van der Waals surface area contributed by atoms with Crippen molar-refractivity contribution in [3.8, 4) is 0 Å². The lowest BCUT2D eigenvalue weighted by Crippen LogP contribution is -2.22. The Bertz CT molecular complexity index is 153. The fourth-order valence-electron chi connectivity index (χ4n) is 0.634. The molecule has 0 saturated heterocycles. The molecule has 0 rings (SSSR count). The van der Waals surface area contributed by atoms with Crippen LogP contribution in [0.2, 0.25) is 0 Å². The van der Waals surface area contributed by atoms with Crippen molar-refractivity contribution >= 4 is 5.97 Å². The first-order chi connectivity index (χ1) is 5.56. The highest BCUT2D eigenvalue weighted by Gasteiger charge is 2.07. The topological polar surface area (TPSA) is 55.8 Å². The van der Waals surface area contributed by atoms with Crippen LogP contribution in [0.3, 0.4) is 0 Å². The summed E-state index contributed by atoms with van der Waals surface area (Å²) in [7, 11) is 0. The van der Waals surface area contributed by atoms with Gasteiger partial charge in [0.05, 0.1) is 6.10 Å². The van der Waals surface area contributed by atoms with E-state index in [1.54, 1.807) is 6.92 Å². The van der Waals surface area contributed by atoms with Crippen molar-refractivity contribution in [2.45, 2.75) is 26.2 Å². The van der Waals surface area contributed by atoms with Gasteiger partial charge in [-0.25, -0.2) is 4.79 Å². The molecule has 0 spiro atoms. The van der Waals surface area contributed by atoms with Crippen LogP contribution in [-0.2, 0) is 14.3 Å². The van der Waals surface area contributed by atoms with Crippen molar-refractivity contribution in [2.75, 3.05) is 6.61 Å². The Labute approximate surface area is 71.8 Å². The molecule has 2 unspecified atom stereocenters. The maximum Gasteiger partial charge on any atom is 0.330 e. The molecule has 0 heterocycles. The first-order valence-electron chi connectivity index (χ1n) is 3.69. The van der Waals surface area contributed by atoms with Gasteiger partial charge < -0.3 is 14.6 Å². The van der Waals surface area contributed by atoms with Gasteiger partial charge in [0.15, 0.2) is 6.29 Å². The lowest BCUT2D eigenvalue weighted by molar-refractivity contribution is -0.155. The van der Waals surface area contributed by atoms with Crippen LogP contribution in [0.5, 0.6) is 0 Å². The van der Waals surface area contributed by atoms with Crippen molar-refractivity contribution in [2.24, 2.45) is 0 Å². The number of carbonyl (C=O) groups excluding carboxylic acids is 1. The van der Waals surface area contributed by atoms with E-state index in [2.05, 4.69) is 11.3 Å². The third kappa shape index (κ3) is 5.88. The highest BCUT2D eigenvalue weighted by molar-refractivity contribution is 5.81. The smallest absolute Gasteiger partial charge is 0.330 e. The van der Waals surface area contributed by atoms with E-state index in [0.717, 1.165) is 6.08 Å². The molecule has 4 nitrogen and oxygen atoms in total. The van der Waals surface area contributed by atoms with Crippen molar-refractivity contribution in [1.29, 1.82) is 0 Å². The lowest BCUT2D eigenvalue weighted by atomic mass is 10.4. The van der Waals surface area contributed by atoms with Gasteiger partial charge in [0.2, 0.25) is 0 Å². The summed E-state index contributed by atoms with van der Waals surface area (Å²) in [6.07, 6.45) is -0.0777. The molecule has 0 aliphatic carbocycles. The van der Waals surface area contributed by atoms with Gasteiger partial charge >= 0.3 is 5.97 Å². The van der Waals surface area contributed by atoms with Crippen molar-refractivity contribution in [1.82, 2.24) is 0 Å². The number of rotatable bonds is 5. The molecule has 0 fully saturated rings. The van der Waals surface area contributed by atoms with Crippen LogP contribution in [0.25, 0.3) is 0 Å². The van der Waals surface area contributed by atoms with Crippen LogP contribution in [0, 0.1) is 0 Å². The molecule has 0 aromatic rings. The molecule has 0 aromatic heterocycles. The standard InChI is InChI=1S/C8H14O4/c1-4-8(10)11-5-6(2)12-7(3)9/h4,6-7,9H,1,5H2,2-3H3. The fraction of sp³-hybridized carbons (Fsp3) is 0.625. The van der Waals surface area contributed by atoms with Crippen LogP contribution in [-0.4, -0.2) is 30.1 Å². The zero-order valence-electron chi connectivity index (χ0n) is 7.32. The second-order valence-corrected chi connectivity index (χ2v) is 2.38. The molecule has 0 amide bonds. The molecule has 4 heteroatoms. The predicted molar refractivity (Wildman–Crippen MR) is 43.4 cm³/mol. The van der Waals surface area contributed by atoms with Crippen LogP contribution in [0.4, 0.5) is 0 Å². The number of hydrogen-bond donors (Lipinski definition) is 1. The van der Waals surface area contributed by atoms with E-state index in [4.69, 9.17) is 9.84 Å². The maximum atomic E-state index is 10.5. The summed E-state index contributed by atoms with van der Waals surface area (Å²) in [6.45, 7) is 6.54. The number of aliphatic hydroxyl groups excluding tert-OH is 1. The van der Waals surface area contributed by atoms with Gasteiger partial charge in [-0.3, -0.25) is 0 Å². The van der Waals surface area contributed by atoms with Crippen LogP contribution in [0.1, 0.15) is 13.8 Å². The Morgan fingerprint density at radius 3 is 2.67 bits per heavy atom. The quantitative estimate of drug-likeness (QED) is 0.373. The third-order valence-corrected chi connectivity index (χ3v) is 1.06. The summed E-state index contributed by atoms with van der Waals surface area (Å²) in [5.41, 5.74) is 0. The van der Waals surface area contributed by atoms with Crippen molar-refractivity contribution < 1.29 is 19.4 Å². The van der Waals surface area contributed by atoms with E-state index in [-0.39, 0.29) is 12.7 Å². The van der Waals surface area contributed by atoms with E-state index in [9.17, 15) is 4.79 Å². The van der Waals surface area contributed by atoms with E-state index < -0.39 is 12.3 Å². The minimum absolute atomic E-state index is 0.121. The van der Waals surface area contributed by atoms with Crippen LogP contribution in [0.15, 0.2) is 12.7 Å². The number of esters is 1. The van der Waals surface area contributed by atoms with Gasteiger partial charge in [-0.05, 0) is 13.8 Å². The van der Waals surface area contributed by atoms with Crippen LogP contribution < -0.4 is 0 Å². The average molecular weight is 174 g/mol. The molecule has 0 aromatic carbocycles. The highest BCUT2D eigenvalue weighted by Crippen LogP contribution is 1.96. The fourth-order valence-corrected chi connectivity index (χ4v) is 0.634. The van der Waals surface area contributed by atoms with Gasteiger partial charge in [-0.2, -0.15) is 0 Å².